The third-order valence-corrected chi connectivity index (χ3v) is 2.70. The largest absolute Gasteiger partial charge is 0.367 e. The fourth-order valence-corrected chi connectivity index (χ4v) is 1.80. The molecule has 1 aliphatic heterocycles. The Morgan fingerprint density at radius 1 is 1.47 bits per heavy atom. The predicted octanol–water partition coefficient (Wildman–Crippen LogP) is 2.45. The molecule has 1 aromatic rings. The van der Waals surface area contributed by atoms with E-state index in [2.05, 4.69) is 5.10 Å². The van der Waals surface area contributed by atoms with Crippen LogP contribution >= 0.6 is 0 Å². The van der Waals surface area contributed by atoms with Crippen molar-refractivity contribution in [2.45, 2.75) is 52.4 Å². The summed E-state index contributed by atoms with van der Waals surface area (Å²) in [6.45, 7) is 8.81. The van der Waals surface area contributed by atoms with Crippen molar-refractivity contribution in [1.82, 2.24) is 9.78 Å². The number of fused-ring (bicyclic) bond motifs is 1. The Morgan fingerprint density at radius 2 is 2.13 bits per heavy atom. The van der Waals surface area contributed by atoms with E-state index in [4.69, 9.17) is 4.74 Å². The number of rotatable bonds is 1. The van der Waals surface area contributed by atoms with Gasteiger partial charge in [0.25, 0.3) is 0 Å². The molecule has 0 unspecified atom stereocenters. The zero-order chi connectivity index (χ0) is 11.2. The quantitative estimate of drug-likeness (QED) is 0.715. The normalized spacial score (nSPS) is 19.3. The summed E-state index contributed by atoms with van der Waals surface area (Å²) >= 11 is 0. The molecular formula is C11H17FN2O. The molecule has 0 radical (unpaired) electrons. The summed E-state index contributed by atoms with van der Waals surface area (Å²) in [4.78, 5) is 0. The molecule has 15 heavy (non-hydrogen) atoms. The van der Waals surface area contributed by atoms with Gasteiger partial charge in [-0.3, -0.25) is 4.68 Å². The summed E-state index contributed by atoms with van der Waals surface area (Å²) in [6.07, 6.45) is 0. The van der Waals surface area contributed by atoms with Crippen LogP contribution in [0.25, 0.3) is 0 Å². The molecule has 0 bridgehead atoms. The molecule has 1 aromatic heterocycles. The smallest absolute Gasteiger partial charge is 0.170 e. The minimum absolute atomic E-state index is 0.117. The van der Waals surface area contributed by atoms with Crippen molar-refractivity contribution in [2.24, 2.45) is 0 Å². The Bertz CT molecular complexity index is 382. The van der Waals surface area contributed by atoms with Gasteiger partial charge in [0, 0.05) is 5.92 Å². The fraction of sp³-hybridized carbons (Fsp3) is 0.727. The summed E-state index contributed by atoms with van der Waals surface area (Å²) in [5.74, 6) is -0.0771. The van der Waals surface area contributed by atoms with Crippen LogP contribution in [0.15, 0.2) is 0 Å². The lowest BCUT2D eigenvalue weighted by Crippen LogP contribution is -2.36. The molecule has 0 aromatic carbocycles. The first-order chi connectivity index (χ1) is 6.91. The topological polar surface area (TPSA) is 27.1 Å². The SMILES string of the molecule is CC(C)c1nn2c(c1F)COC(C)(C)C2. The molecule has 0 spiro atoms. The van der Waals surface area contributed by atoms with Crippen LogP contribution in [-0.2, 0) is 17.9 Å². The molecule has 84 valence electrons. The first-order valence-corrected chi connectivity index (χ1v) is 5.30. The van der Waals surface area contributed by atoms with Crippen LogP contribution < -0.4 is 0 Å². The van der Waals surface area contributed by atoms with Gasteiger partial charge in [-0.05, 0) is 13.8 Å². The second kappa shape index (κ2) is 3.30. The maximum atomic E-state index is 13.9. The standard InChI is InChI=1S/C11H17FN2O/c1-7(2)10-9(12)8-5-15-11(3,4)6-14(8)13-10/h7H,5-6H2,1-4H3. The zero-order valence-electron chi connectivity index (χ0n) is 9.67. The Hall–Kier alpha value is -0.900. The van der Waals surface area contributed by atoms with Gasteiger partial charge in [-0.1, -0.05) is 13.8 Å². The van der Waals surface area contributed by atoms with E-state index in [0.717, 1.165) is 0 Å². The number of nitrogens with zero attached hydrogens (tertiary/aromatic N) is 2. The molecule has 2 rings (SSSR count). The molecule has 0 atom stereocenters. The number of aromatic nitrogens is 2. The first-order valence-electron chi connectivity index (χ1n) is 5.30. The molecular weight excluding hydrogens is 195 g/mol. The maximum absolute atomic E-state index is 13.9. The van der Waals surface area contributed by atoms with E-state index in [1.807, 2.05) is 27.7 Å². The highest BCUT2D eigenvalue weighted by molar-refractivity contribution is 5.17. The molecule has 0 saturated heterocycles. The number of hydrogen-bond acceptors (Lipinski definition) is 2. The van der Waals surface area contributed by atoms with Gasteiger partial charge in [0.15, 0.2) is 5.82 Å². The number of ether oxygens (including phenoxy) is 1. The van der Waals surface area contributed by atoms with Crippen molar-refractivity contribution < 1.29 is 9.13 Å². The molecule has 4 heteroatoms. The van der Waals surface area contributed by atoms with Crippen LogP contribution in [0.3, 0.4) is 0 Å². The van der Waals surface area contributed by atoms with Crippen LogP contribution in [0.4, 0.5) is 4.39 Å². The second-order valence-electron chi connectivity index (χ2n) is 5.01. The van der Waals surface area contributed by atoms with Crippen LogP contribution in [0.2, 0.25) is 0 Å². The van der Waals surface area contributed by atoms with Crippen molar-refractivity contribution >= 4 is 0 Å². The van der Waals surface area contributed by atoms with E-state index in [1.54, 1.807) is 4.68 Å². The molecule has 0 fully saturated rings. The van der Waals surface area contributed by atoms with Gasteiger partial charge >= 0.3 is 0 Å². The van der Waals surface area contributed by atoms with Gasteiger partial charge in [0.1, 0.15) is 11.4 Å². The van der Waals surface area contributed by atoms with Crippen molar-refractivity contribution in [3.8, 4) is 0 Å². The fourth-order valence-electron chi connectivity index (χ4n) is 1.80. The zero-order valence-corrected chi connectivity index (χ0v) is 9.67. The van der Waals surface area contributed by atoms with Gasteiger partial charge in [-0.15, -0.1) is 0 Å². The van der Waals surface area contributed by atoms with Gasteiger partial charge in [-0.25, -0.2) is 4.39 Å². The minimum Gasteiger partial charge on any atom is -0.367 e. The van der Waals surface area contributed by atoms with Crippen LogP contribution in [0.1, 0.15) is 45.0 Å². The van der Waals surface area contributed by atoms with Crippen molar-refractivity contribution in [3.63, 3.8) is 0 Å². The Labute approximate surface area is 89.2 Å². The van der Waals surface area contributed by atoms with E-state index >= 15 is 0 Å². The van der Waals surface area contributed by atoms with Crippen molar-refractivity contribution in [2.75, 3.05) is 0 Å². The molecule has 0 aliphatic carbocycles. The highest BCUT2D eigenvalue weighted by Crippen LogP contribution is 2.27. The molecule has 1 aliphatic rings. The monoisotopic (exact) mass is 212 g/mol. The lowest BCUT2D eigenvalue weighted by Gasteiger charge is -2.30. The predicted molar refractivity (Wildman–Crippen MR) is 55.1 cm³/mol. The molecule has 2 heterocycles. The number of hydrogen-bond donors (Lipinski definition) is 0. The second-order valence-corrected chi connectivity index (χ2v) is 5.01. The third kappa shape index (κ3) is 1.78. The molecule has 0 N–H and O–H groups in total. The highest BCUT2D eigenvalue weighted by atomic mass is 19.1. The maximum Gasteiger partial charge on any atom is 0.170 e. The van der Waals surface area contributed by atoms with E-state index in [9.17, 15) is 4.39 Å². The van der Waals surface area contributed by atoms with Crippen LogP contribution in [-0.4, -0.2) is 15.4 Å². The molecule has 0 amide bonds. The summed E-state index contributed by atoms with van der Waals surface area (Å²) in [5.41, 5.74) is 0.879. The summed E-state index contributed by atoms with van der Waals surface area (Å²) in [7, 11) is 0. The summed E-state index contributed by atoms with van der Waals surface area (Å²) in [6, 6.07) is 0. The lowest BCUT2D eigenvalue weighted by molar-refractivity contribution is -0.0674. The Morgan fingerprint density at radius 3 is 2.73 bits per heavy atom. The average Bonchev–Trinajstić information content (AvgIpc) is 2.41. The molecule has 3 nitrogen and oxygen atoms in total. The highest BCUT2D eigenvalue weighted by Gasteiger charge is 2.31. The summed E-state index contributed by atoms with van der Waals surface area (Å²) in [5, 5.41) is 4.31. The van der Waals surface area contributed by atoms with Gasteiger partial charge in [0.05, 0.1) is 18.8 Å². The van der Waals surface area contributed by atoms with Gasteiger partial charge in [0.2, 0.25) is 0 Å². The Balaban J connectivity index is 2.41. The summed E-state index contributed by atoms with van der Waals surface area (Å²) < 4.78 is 21.2. The average molecular weight is 212 g/mol. The first kappa shape index (κ1) is 10.6. The third-order valence-electron chi connectivity index (χ3n) is 2.70. The van der Waals surface area contributed by atoms with Crippen LogP contribution in [0, 0.1) is 5.82 Å². The Kier molecular flexibility index (Phi) is 2.34. The van der Waals surface area contributed by atoms with E-state index in [0.29, 0.717) is 24.5 Å². The lowest BCUT2D eigenvalue weighted by atomic mass is 10.1. The minimum atomic E-state index is -0.250. The number of halogens is 1. The molecule has 0 saturated carbocycles. The van der Waals surface area contributed by atoms with E-state index < -0.39 is 0 Å². The van der Waals surface area contributed by atoms with Crippen molar-refractivity contribution in [3.05, 3.63) is 17.2 Å². The van der Waals surface area contributed by atoms with Gasteiger partial charge < -0.3 is 4.74 Å². The van der Waals surface area contributed by atoms with E-state index in [1.165, 1.54) is 0 Å². The van der Waals surface area contributed by atoms with E-state index in [-0.39, 0.29) is 17.3 Å². The van der Waals surface area contributed by atoms with Crippen molar-refractivity contribution in [1.29, 1.82) is 0 Å². The van der Waals surface area contributed by atoms with Gasteiger partial charge in [-0.2, -0.15) is 5.10 Å². The van der Waals surface area contributed by atoms with Crippen LogP contribution in [0.5, 0.6) is 0 Å².